The van der Waals surface area contributed by atoms with Gasteiger partial charge in [-0.15, -0.1) is 0 Å². The van der Waals surface area contributed by atoms with Crippen LogP contribution in [0.25, 0.3) is 0 Å². The maximum atomic E-state index is 12.4. The average Bonchev–Trinajstić information content (AvgIpc) is 2.73. The molecule has 2 aromatic carbocycles. The van der Waals surface area contributed by atoms with E-state index in [1.54, 1.807) is 30.3 Å². The first-order chi connectivity index (χ1) is 10.1. The lowest BCUT2D eigenvalue weighted by molar-refractivity contribution is 0.0904. The highest BCUT2D eigenvalue weighted by Gasteiger charge is 2.36. The Morgan fingerprint density at radius 2 is 1.81 bits per heavy atom. The lowest BCUT2D eigenvalue weighted by atomic mass is 9.99. The zero-order valence-corrected chi connectivity index (χ0v) is 11.7. The molecule has 0 spiro atoms. The first-order valence-electron chi connectivity index (χ1n) is 6.83. The molecule has 0 radical (unpaired) electrons. The van der Waals surface area contributed by atoms with Gasteiger partial charge < -0.3 is 10.6 Å². The predicted octanol–water partition coefficient (Wildman–Crippen LogP) is 2.54. The molecule has 4 heteroatoms. The molecule has 1 atom stereocenters. The van der Waals surface area contributed by atoms with E-state index in [1.165, 1.54) is 0 Å². The Balaban J connectivity index is 1.86. The summed E-state index contributed by atoms with van der Waals surface area (Å²) in [6.45, 7) is 0. The van der Waals surface area contributed by atoms with Crippen molar-refractivity contribution in [2.45, 2.75) is 12.5 Å². The second kappa shape index (κ2) is 5.05. The van der Waals surface area contributed by atoms with Gasteiger partial charge in [-0.25, -0.2) is 0 Å². The van der Waals surface area contributed by atoms with Crippen molar-refractivity contribution in [3.05, 3.63) is 59.7 Å². The van der Waals surface area contributed by atoms with Crippen LogP contribution < -0.4 is 10.6 Å². The number of carbonyl (C=O) groups is 2. The van der Waals surface area contributed by atoms with Crippen molar-refractivity contribution in [3.63, 3.8) is 0 Å². The predicted molar refractivity (Wildman–Crippen MR) is 82.8 cm³/mol. The van der Waals surface area contributed by atoms with Crippen LogP contribution in [0.2, 0.25) is 0 Å². The number of hydrogen-bond donors (Lipinski definition) is 1. The highest BCUT2D eigenvalue weighted by molar-refractivity contribution is 6.14. The van der Waals surface area contributed by atoms with Crippen LogP contribution in [-0.4, -0.2) is 24.7 Å². The summed E-state index contributed by atoms with van der Waals surface area (Å²) in [6.07, 6.45) is 0.137. The number of nitrogens with two attached hydrogens (primary N) is 1. The van der Waals surface area contributed by atoms with Crippen LogP contribution in [0.15, 0.2) is 48.5 Å². The average molecular weight is 280 g/mol. The molecule has 21 heavy (non-hydrogen) atoms. The van der Waals surface area contributed by atoms with Crippen molar-refractivity contribution in [1.29, 1.82) is 0 Å². The number of benzene rings is 2. The number of fused-ring (bicyclic) bond motifs is 1. The van der Waals surface area contributed by atoms with E-state index in [9.17, 15) is 9.59 Å². The summed E-state index contributed by atoms with van der Waals surface area (Å²) >= 11 is 0. The molecule has 1 heterocycles. The molecule has 1 unspecified atom stereocenters. The quantitative estimate of drug-likeness (QED) is 0.693. The van der Waals surface area contributed by atoms with E-state index in [0.29, 0.717) is 16.8 Å². The molecular weight excluding hydrogens is 264 g/mol. The Hall–Kier alpha value is -2.62. The molecule has 0 saturated heterocycles. The normalized spacial score (nSPS) is 16.9. The minimum atomic E-state index is -0.450. The van der Waals surface area contributed by atoms with E-state index in [0.717, 1.165) is 5.69 Å². The molecule has 0 saturated carbocycles. The minimum Gasteiger partial charge on any atom is -0.398 e. The van der Waals surface area contributed by atoms with Crippen molar-refractivity contribution in [2.24, 2.45) is 0 Å². The van der Waals surface area contributed by atoms with Gasteiger partial charge in [0.05, 0.1) is 6.04 Å². The summed E-state index contributed by atoms with van der Waals surface area (Å²) in [7, 11) is 1.84. The third kappa shape index (κ3) is 2.18. The molecule has 106 valence electrons. The van der Waals surface area contributed by atoms with Crippen molar-refractivity contribution in [1.82, 2.24) is 0 Å². The van der Waals surface area contributed by atoms with Crippen LogP contribution in [0.3, 0.4) is 0 Å². The number of para-hydroxylation sites is 2. The first kappa shape index (κ1) is 13.4. The number of ketones is 2. The van der Waals surface area contributed by atoms with Gasteiger partial charge in [0, 0.05) is 36.0 Å². The number of nitrogens with zero attached hydrogens (tertiary/aromatic N) is 1. The van der Waals surface area contributed by atoms with Gasteiger partial charge in [0.25, 0.3) is 0 Å². The number of carbonyl (C=O) groups excluding carboxylic acids is 2. The fourth-order valence-electron chi connectivity index (χ4n) is 2.78. The first-order valence-corrected chi connectivity index (χ1v) is 6.83. The Kier molecular flexibility index (Phi) is 3.22. The number of anilines is 2. The minimum absolute atomic E-state index is 0.00375. The largest absolute Gasteiger partial charge is 0.398 e. The summed E-state index contributed by atoms with van der Waals surface area (Å²) in [5.74, 6) is -0.109. The number of nitrogen functional groups attached to an aromatic ring is 1. The monoisotopic (exact) mass is 280 g/mol. The molecule has 3 rings (SSSR count). The smallest absolute Gasteiger partial charge is 0.187 e. The van der Waals surface area contributed by atoms with Crippen molar-refractivity contribution < 1.29 is 9.59 Å². The Morgan fingerprint density at radius 3 is 2.52 bits per heavy atom. The number of Topliss-reactive ketones (excluding diaryl/α,β-unsaturated/α-hetero) is 2. The molecule has 0 fully saturated rings. The van der Waals surface area contributed by atoms with Gasteiger partial charge in [0.1, 0.15) is 0 Å². The maximum absolute atomic E-state index is 12.4. The van der Waals surface area contributed by atoms with E-state index in [4.69, 9.17) is 5.73 Å². The van der Waals surface area contributed by atoms with E-state index in [1.807, 2.05) is 30.1 Å². The molecule has 2 aromatic rings. The third-order valence-electron chi connectivity index (χ3n) is 3.96. The summed E-state index contributed by atoms with van der Waals surface area (Å²) in [5.41, 5.74) is 8.32. The topological polar surface area (TPSA) is 63.4 Å². The van der Waals surface area contributed by atoms with E-state index >= 15 is 0 Å². The van der Waals surface area contributed by atoms with Crippen LogP contribution in [-0.2, 0) is 0 Å². The fourth-order valence-corrected chi connectivity index (χ4v) is 2.78. The van der Waals surface area contributed by atoms with Crippen LogP contribution >= 0.6 is 0 Å². The van der Waals surface area contributed by atoms with Gasteiger partial charge in [-0.3, -0.25) is 9.59 Å². The van der Waals surface area contributed by atoms with E-state index in [2.05, 4.69) is 0 Å². The van der Waals surface area contributed by atoms with E-state index in [-0.39, 0.29) is 18.0 Å². The molecule has 0 aliphatic carbocycles. The molecule has 0 bridgehead atoms. The molecule has 2 N–H and O–H groups in total. The Bertz CT molecular complexity index is 724. The number of rotatable bonds is 3. The van der Waals surface area contributed by atoms with Gasteiger partial charge in [0.2, 0.25) is 0 Å². The highest BCUT2D eigenvalue weighted by Crippen LogP contribution is 2.32. The zero-order chi connectivity index (χ0) is 15.0. The molecule has 1 aliphatic heterocycles. The lowest BCUT2D eigenvalue weighted by Gasteiger charge is -2.20. The van der Waals surface area contributed by atoms with Crippen LogP contribution in [0.5, 0.6) is 0 Å². The number of hydrogen-bond acceptors (Lipinski definition) is 4. The summed E-state index contributed by atoms with van der Waals surface area (Å²) in [4.78, 5) is 26.7. The van der Waals surface area contributed by atoms with Crippen molar-refractivity contribution in [3.8, 4) is 0 Å². The van der Waals surface area contributed by atoms with Crippen LogP contribution in [0.4, 0.5) is 11.4 Å². The zero-order valence-electron chi connectivity index (χ0n) is 11.7. The Labute approximate surface area is 123 Å². The third-order valence-corrected chi connectivity index (χ3v) is 3.96. The van der Waals surface area contributed by atoms with Gasteiger partial charge in [-0.2, -0.15) is 0 Å². The standard InChI is InChI=1S/C17H16N2O2/c1-19-14-9-5-3-7-12(14)17(21)15(19)10-16(20)11-6-2-4-8-13(11)18/h2-9,15H,10,18H2,1H3. The summed E-state index contributed by atoms with van der Waals surface area (Å²) in [5, 5.41) is 0. The second-order valence-corrected chi connectivity index (χ2v) is 5.22. The number of likely N-dealkylation sites (N-methyl/N-ethyl adjacent to an activating group) is 1. The summed E-state index contributed by atoms with van der Waals surface area (Å²) < 4.78 is 0. The van der Waals surface area contributed by atoms with Gasteiger partial charge in [-0.05, 0) is 24.3 Å². The lowest BCUT2D eigenvalue weighted by Crippen LogP contribution is -2.34. The van der Waals surface area contributed by atoms with Gasteiger partial charge in [0.15, 0.2) is 11.6 Å². The van der Waals surface area contributed by atoms with Gasteiger partial charge in [-0.1, -0.05) is 24.3 Å². The maximum Gasteiger partial charge on any atom is 0.187 e. The van der Waals surface area contributed by atoms with Crippen LogP contribution in [0, 0.1) is 0 Å². The Morgan fingerprint density at radius 1 is 1.14 bits per heavy atom. The van der Waals surface area contributed by atoms with Crippen molar-refractivity contribution >= 4 is 22.9 Å². The molecule has 4 nitrogen and oxygen atoms in total. The summed E-state index contributed by atoms with van der Waals surface area (Å²) in [6, 6.07) is 13.9. The SMILES string of the molecule is CN1c2ccccc2C(=O)C1CC(=O)c1ccccc1N. The molecule has 1 aliphatic rings. The second-order valence-electron chi connectivity index (χ2n) is 5.22. The van der Waals surface area contributed by atoms with Gasteiger partial charge >= 0.3 is 0 Å². The van der Waals surface area contributed by atoms with Crippen LogP contribution in [0.1, 0.15) is 27.1 Å². The highest BCUT2D eigenvalue weighted by atomic mass is 16.1. The molecular formula is C17H16N2O2. The molecule has 0 aromatic heterocycles. The van der Waals surface area contributed by atoms with Crippen molar-refractivity contribution in [2.75, 3.05) is 17.7 Å². The molecule has 0 amide bonds. The fraction of sp³-hybridized carbons (Fsp3) is 0.176. The van der Waals surface area contributed by atoms with E-state index < -0.39 is 6.04 Å².